The van der Waals surface area contributed by atoms with Gasteiger partial charge in [0.2, 0.25) is 0 Å². The minimum atomic E-state index is -0.135. The number of likely N-dealkylation sites (tertiary alicyclic amines) is 1. The molecule has 6 nitrogen and oxygen atoms in total. The summed E-state index contributed by atoms with van der Waals surface area (Å²) in [5, 5.41) is 17.4. The minimum Gasteiger partial charge on any atom is -0.469 e. The molecule has 0 aromatic carbocycles. The number of aliphatic hydroxyl groups is 1. The van der Waals surface area contributed by atoms with Gasteiger partial charge < -0.3 is 20.2 Å². The molecule has 1 aliphatic heterocycles. The third-order valence-electron chi connectivity index (χ3n) is 5.89. The van der Waals surface area contributed by atoms with Crippen LogP contribution in [0.2, 0.25) is 0 Å². The van der Waals surface area contributed by atoms with Gasteiger partial charge in [0, 0.05) is 44.7 Å². The van der Waals surface area contributed by atoms with Crippen LogP contribution in [0.5, 0.6) is 0 Å². The summed E-state index contributed by atoms with van der Waals surface area (Å²) in [5.41, 5.74) is 0. The van der Waals surface area contributed by atoms with Crippen LogP contribution in [-0.4, -0.2) is 60.3 Å². The fourth-order valence-corrected chi connectivity index (χ4v) is 4.27. The maximum atomic E-state index is 10.3. The van der Waals surface area contributed by atoms with E-state index in [1.54, 1.807) is 6.26 Å². The normalized spacial score (nSPS) is 25.2. The van der Waals surface area contributed by atoms with Crippen LogP contribution in [-0.2, 0) is 6.42 Å². The molecule has 0 amide bonds. The fraction of sp³-hybridized carbons (Fsp3) is 0.773. The summed E-state index contributed by atoms with van der Waals surface area (Å²) in [6.45, 7) is 8.14. The Morgan fingerprint density at radius 3 is 2.71 bits per heavy atom. The van der Waals surface area contributed by atoms with Gasteiger partial charge in [-0.1, -0.05) is 26.7 Å². The van der Waals surface area contributed by atoms with Crippen LogP contribution in [0.1, 0.15) is 58.1 Å². The second kappa shape index (κ2) is 10.9. The molecule has 6 heteroatoms. The molecule has 0 spiro atoms. The van der Waals surface area contributed by atoms with Gasteiger partial charge in [-0.05, 0) is 43.7 Å². The lowest BCUT2D eigenvalue weighted by atomic mass is 9.89. The Morgan fingerprint density at radius 1 is 1.25 bits per heavy atom. The van der Waals surface area contributed by atoms with Gasteiger partial charge in [0.05, 0.1) is 12.4 Å². The second-order valence-electron chi connectivity index (χ2n) is 8.71. The molecule has 3 N–H and O–H groups in total. The van der Waals surface area contributed by atoms with Gasteiger partial charge in [0.15, 0.2) is 5.96 Å². The molecule has 0 bridgehead atoms. The van der Waals surface area contributed by atoms with Crippen LogP contribution in [0.25, 0.3) is 0 Å². The van der Waals surface area contributed by atoms with Crippen LogP contribution < -0.4 is 10.6 Å². The monoisotopic (exact) mass is 390 g/mol. The number of hydrogen-bond donors (Lipinski definition) is 3. The molecular weight excluding hydrogens is 352 g/mol. The van der Waals surface area contributed by atoms with Crippen molar-refractivity contribution in [2.45, 2.75) is 77.0 Å². The Balaban J connectivity index is 1.46. The Kier molecular flexibility index (Phi) is 8.22. The molecule has 1 aliphatic carbocycles. The molecule has 1 saturated carbocycles. The fourth-order valence-electron chi connectivity index (χ4n) is 4.27. The molecule has 1 saturated heterocycles. The first kappa shape index (κ1) is 21.2. The molecule has 0 radical (unpaired) electrons. The first-order chi connectivity index (χ1) is 13.6. The highest BCUT2D eigenvalue weighted by atomic mass is 16.3. The van der Waals surface area contributed by atoms with Crippen molar-refractivity contribution < 1.29 is 9.52 Å². The van der Waals surface area contributed by atoms with Gasteiger partial charge in [-0.2, -0.15) is 0 Å². The standard InChI is InChI=1S/C22H38N4O2/c1-17(2)16-24-22(23-12-9-19-6-5-15-28-19)25-18-10-13-26(14-11-18)20-7-3-4-8-21(20)27/h5-6,15,17-18,20-21,27H,3-4,7-14,16H2,1-2H3,(H2,23,24,25). The van der Waals surface area contributed by atoms with Gasteiger partial charge >= 0.3 is 0 Å². The van der Waals surface area contributed by atoms with Crippen LogP contribution in [0.15, 0.2) is 27.8 Å². The Hall–Kier alpha value is -1.53. The Labute approximate surface area is 169 Å². The van der Waals surface area contributed by atoms with E-state index in [2.05, 4.69) is 29.4 Å². The summed E-state index contributed by atoms with van der Waals surface area (Å²) in [6.07, 6.45) is 9.19. The molecule has 2 fully saturated rings. The van der Waals surface area contributed by atoms with E-state index in [1.165, 1.54) is 12.8 Å². The SMILES string of the molecule is CC(C)CN=C(NCCc1ccco1)NC1CCN(C2CCCCC2O)CC1. The van der Waals surface area contributed by atoms with Crippen molar-refractivity contribution in [1.29, 1.82) is 0 Å². The molecule has 158 valence electrons. The van der Waals surface area contributed by atoms with Gasteiger partial charge in [0.1, 0.15) is 5.76 Å². The second-order valence-corrected chi connectivity index (χ2v) is 8.71. The van der Waals surface area contributed by atoms with Crippen molar-refractivity contribution in [2.24, 2.45) is 10.9 Å². The molecular formula is C22H38N4O2. The van der Waals surface area contributed by atoms with Crippen molar-refractivity contribution >= 4 is 5.96 Å². The molecule has 28 heavy (non-hydrogen) atoms. The minimum absolute atomic E-state index is 0.135. The zero-order chi connectivity index (χ0) is 19.8. The maximum absolute atomic E-state index is 10.3. The highest BCUT2D eigenvalue weighted by Crippen LogP contribution is 2.25. The average Bonchev–Trinajstić information content (AvgIpc) is 3.20. The molecule has 3 rings (SSSR count). The molecule has 2 heterocycles. The van der Waals surface area contributed by atoms with Crippen LogP contribution >= 0.6 is 0 Å². The Morgan fingerprint density at radius 2 is 2.04 bits per heavy atom. The number of nitrogens with one attached hydrogen (secondary N) is 2. The number of guanidine groups is 1. The van der Waals surface area contributed by atoms with E-state index in [9.17, 15) is 5.11 Å². The van der Waals surface area contributed by atoms with Gasteiger partial charge in [-0.3, -0.25) is 9.89 Å². The number of furan rings is 1. The summed E-state index contributed by atoms with van der Waals surface area (Å²) in [6, 6.07) is 4.75. The third-order valence-corrected chi connectivity index (χ3v) is 5.89. The van der Waals surface area contributed by atoms with Crippen molar-refractivity contribution in [3.05, 3.63) is 24.2 Å². The van der Waals surface area contributed by atoms with Crippen molar-refractivity contribution in [3.8, 4) is 0 Å². The van der Waals surface area contributed by atoms with E-state index in [4.69, 9.17) is 9.41 Å². The predicted molar refractivity (Wildman–Crippen MR) is 114 cm³/mol. The lowest BCUT2D eigenvalue weighted by molar-refractivity contribution is 0.00810. The number of aliphatic hydroxyl groups excluding tert-OH is 1. The average molecular weight is 391 g/mol. The Bertz CT molecular complexity index is 579. The van der Waals surface area contributed by atoms with Gasteiger partial charge in [0.25, 0.3) is 0 Å². The van der Waals surface area contributed by atoms with E-state index >= 15 is 0 Å². The molecule has 1 aromatic rings. The quantitative estimate of drug-likeness (QED) is 0.493. The van der Waals surface area contributed by atoms with Gasteiger partial charge in [-0.25, -0.2) is 0 Å². The lowest BCUT2D eigenvalue weighted by Gasteiger charge is -2.41. The highest BCUT2D eigenvalue weighted by Gasteiger charge is 2.31. The van der Waals surface area contributed by atoms with E-state index in [-0.39, 0.29) is 6.10 Å². The van der Waals surface area contributed by atoms with Crippen LogP contribution in [0.4, 0.5) is 0 Å². The third kappa shape index (κ3) is 6.52. The van der Waals surface area contributed by atoms with E-state index in [1.807, 2.05) is 12.1 Å². The summed E-state index contributed by atoms with van der Waals surface area (Å²) in [4.78, 5) is 7.28. The van der Waals surface area contributed by atoms with Crippen LogP contribution in [0.3, 0.4) is 0 Å². The van der Waals surface area contributed by atoms with Crippen molar-refractivity contribution in [3.63, 3.8) is 0 Å². The van der Waals surface area contributed by atoms with E-state index < -0.39 is 0 Å². The zero-order valence-corrected chi connectivity index (χ0v) is 17.6. The predicted octanol–water partition coefficient (Wildman–Crippen LogP) is 2.78. The summed E-state index contributed by atoms with van der Waals surface area (Å²) in [5.74, 6) is 2.45. The first-order valence-electron chi connectivity index (χ1n) is 11.1. The lowest BCUT2D eigenvalue weighted by Crippen LogP contribution is -2.53. The topological polar surface area (TPSA) is 73.0 Å². The van der Waals surface area contributed by atoms with E-state index in [0.29, 0.717) is 18.0 Å². The van der Waals surface area contributed by atoms with Crippen molar-refractivity contribution in [2.75, 3.05) is 26.2 Å². The zero-order valence-electron chi connectivity index (χ0n) is 17.6. The first-order valence-corrected chi connectivity index (χ1v) is 11.1. The molecule has 1 aromatic heterocycles. The largest absolute Gasteiger partial charge is 0.469 e. The number of aliphatic imine (C=N–C) groups is 1. The van der Waals surface area contributed by atoms with Crippen LogP contribution in [0, 0.1) is 5.92 Å². The van der Waals surface area contributed by atoms with Crippen molar-refractivity contribution in [1.82, 2.24) is 15.5 Å². The molecule has 2 aliphatic rings. The summed E-state index contributed by atoms with van der Waals surface area (Å²) in [7, 11) is 0. The number of nitrogens with zero attached hydrogens (tertiary/aromatic N) is 2. The molecule has 2 atom stereocenters. The molecule has 2 unspecified atom stereocenters. The summed E-state index contributed by atoms with van der Waals surface area (Å²) >= 11 is 0. The number of piperidine rings is 1. The smallest absolute Gasteiger partial charge is 0.191 e. The van der Waals surface area contributed by atoms with E-state index in [0.717, 1.165) is 70.0 Å². The highest BCUT2D eigenvalue weighted by molar-refractivity contribution is 5.80. The van der Waals surface area contributed by atoms with Gasteiger partial charge in [-0.15, -0.1) is 0 Å². The summed E-state index contributed by atoms with van der Waals surface area (Å²) < 4.78 is 5.42. The number of rotatable bonds is 7. The maximum Gasteiger partial charge on any atom is 0.191 e. The number of hydrogen-bond acceptors (Lipinski definition) is 4.